The Labute approximate surface area is 203 Å². The highest BCUT2D eigenvalue weighted by Crippen LogP contribution is 2.34. The summed E-state index contributed by atoms with van der Waals surface area (Å²) in [5.41, 5.74) is 2.50. The lowest BCUT2D eigenvalue weighted by Gasteiger charge is -2.39. The number of rotatable bonds is 9. The summed E-state index contributed by atoms with van der Waals surface area (Å²) in [6, 6.07) is 29.2. The predicted molar refractivity (Wildman–Crippen MR) is 140 cm³/mol. The van der Waals surface area contributed by atoms with Crippen LogP contribution in [0, 0.1) is 0 Å². The van der Waals surface area contributed by atoms with Gasteiger partial charge in [-0.2, -0.15) is 0 Å². The van der Waals surface area contributed by atoms with Gasteiger partial charge in [-0.1, -0.05) is 92.1 Å². The normalized spacial score (nSPS) is 15.0. The van der Waals surface area contributed by atoms with Crippen molar-refractivity contribution in [3.05, 3.63) is 102 Å². The van der Waals surface area contributed by atoms with Crippen LogP contribution in [-0.2, 0) is 12.8 Å². The van der Waals surface area contributed by atoms with Crippen molar-refractivity contribution in [2.75, 3.05) is 14.1 Å². The van der Waals surface area contributed by atoms with Crippen molar-refractivity contribution < 1.29 is 4.79 Å². The van der Waals surface area contributed by atoms with Crippen molar-refractivity contribution in [2.24, 2.45) is 0 Å². The van der Waals surface area contributed by atoms with E-state index in [-0.39, 0.29) is 5.78 Å². The smallest absolute Gasteiger partial charge is 0.183 e. The van der Waals surface area contributed by atoms with Crippen molar-refractivity contribution >= 4 is 17.5 Å². The van der Waals surface area contributed by atoms with Crippen LogP contribution in [0.1, 0.15) is 53.6 Å². The van der Waals surface area contributed by atoms with Gasteiger partial charge in [0.15, 0.2) is 5.78 Å². The first-order chi connectivity index (χ1) is 16.1. The van der Waals surface area contributed by atoms with Crippen molar-refractivity contribution in [3.63, 3.8) is 0 Å². The van der Waals surface area contributed by atoms with Gasteiger partial charge in [-0.25, -0.2) is 0 Å². The Balaban J connectivity index is 1.62. The van der Waals surface area contributed by atoms with Gasteiger partial charge >= 0.3 is 0 Å². The molecule has 172 valence electrons. The van der Waals surface area contributed by atoms with Crippen LogP contribution in [0.2, 0.25) is 0 Å². The fourth-order valence-electron chi connectivity index (χ4n) is 4.94. The molecule has 0 bridgehead atoms. The van der Waals surface area contributed by atoms with Gasteiger partial charge in [0, 0.05) is 15.7 Å². The van der Waals surface area contributed by atoms with E-state index in [2.05, 4.69) is 65.6 Å². The zero-order valence-corrected chi connectivity index (χ0v) is 20.7. The first kappa shape index (κ1) is 23.8. The summed E-state index contributed by atoms with van der Waals surface area (Å²) < 4.78 is 0. The molecular formula is C30H35NOS. The predicted octanol–water partition coefficient (Wildman–Crippen LogP) is 7.08. The van der Waals surface area contributed by atoms with E-state index in [1.807, 2.05) is 50.1 Å². The number of likely N-dealkylation sites (N-methyl/N-ethyl adjacent to an activating group) is 1. The Morgan fingerprint density at radius 3 is 1.79 bits per heavy atom. The Morgan fingerprint density at radius 1 is 0.788 bits per heavy atom. The van der Waals surface area contributed by atoms with Crippen LogP contribution in [-0.4, -0.2) is 35.6 Å². The molecule has 0 amide bonds. The van der Waals surface area contributed by atoms with Gasteiger partial charge < -0.3 is 0 Å². The average molecular weight is 458 g/mol. The monoisotopic (exact) mass is 457 g/mol. The van der Waals surface area contributed by atoms with Gasteiger partial charge in [-0.3, -0.25) is 9.69 Å². The van der Waals surface area contributed by atoms with Crippen LogP contribution in [0.3, 0.4) is 0 Å². The molecule has 4 rings (SSSR count). The minimum absolute atomic E-state index is 0.189. The molecule has 2 nitrogen and oxygen atoms in total. The lowest BCUT2D eigenvalue weighted by atomic mass is 9.77. The third-order valence-corrected chi connectivity index (χ3v) is 8.28. The third-order valence-electron chi connectivity index (χ3n) is 6.93. The molecule has 0 spiro atoms. The van der Waals surface area contributed by atoms with E-state index in [0.717, 1.165) is 10.8 Å². The number of carbonyl (C=O) groups is 1. The van der Waals surface area contributed by atoms with E-state index in [9.17, 15) is 4.79 Å². The molecule has 1 aliphatic carbocycles. The number of nitrogens with zero attached hydrogens (tertiary/aromatic N) is 1. The molecule has 0 saturated heterocycles. The zero-order chi connectivity index (χ0) is 23.1. The molecule has 1 saturated carbocycles. The molecule has 1 fully saturated rings. The van der Waals surface area contributed by atoms with Gasteiger partial charge in [-0.05, 0) is 63.0 Å². The second-order valence-electron chi connectivity index (χ2n) is 9.48. The largest absolute Gasteiger partial charge is 0.296 e. The Hall–Kier alpha value is -2.36. The van der Waals surface area contributed by atoms with E-state index in [1.54, 1.807) is 0 Å². The standard InChI is InChI=1S/C30H35NOS/c1-31(2)30(22-24-12-6-3-7-13-24,23-25-14-8-4-9-15-25)29(32)26-18-20-28(21-19-26)33-27-16-10-5-11-17-27/h3-4,6-9,12-15,18-21,27H,5,10-11,16-17,22-23H2,1-2H3. The molecule has 0 unspecified atom stereocenters. The van der Waals surface area contributed by atoms with Gasteiger partial charge in [0.2, 0.25) is 0 Å². The molecule has 0 atom stereocenters. The highest BCUT2D eigenvalue weighted by atomic mass is 32.2. The van der Waals surface area contributed by atoms with Crippen molar-refractivity contribution in [1.82, 2.24) is 4.90 Å². The summed E-state index contributed by atoms with van der Waals surface area (Å²) >= 11 is 1.98. The van der Waals surface area contributed by atoms with Crippen molar-refractivity contribution in [2.45, 2.75) is 60.6 Å². The molecule has 3 heteroatoms. The summed E-state index contributed by atoms with van der Waals surface area (Å²) in [5, 5.41) is 0.720. The Kier molecular flexibility index (Phi) is 8.06. The maximum atomic E-state index is 14.2. The second-order valence-corrected chi connectivity index (χ2v) is 10.9. The highest BCUT2D eigenvalue weighted by molar-refractivity contribution is 8.00. The first-order valence-corrected chi connectivity index (χ1v) is 13.0. The molecule has 0 radical (unpaired) electrons. The highest BCUT2D eigenvalue weighted by Gasteiger charge is 2.41. The second kappa shape index (κ2) is 11.2. The van der Waals surface area contributed by atoms with Crippen LogP contribution >= 0.6 is 11.8 Å². The lowest BCUT2D eigenvalue weighted by Crippen LogP contribution is -2.54. The third kappa shape index (κ3) is 5.96. The van der Waals surface area contributed by atoms with Crippen LogP contribution in [0.25, 0.3) is 0 Å². The average Bonchev–Trinajstić information content (AvgIpc) is 2.85. The van der Waals surface area contributed by atoms with Gasteiger partial charge in [0.05, 0.1) is 5.54 Å². The fraction of sp³-hybridized carbons (Fsp3) is 0.367. The van der Waals surface area contributed by atoms with Crippen molar-refractivity contribution in [1.29, 1.82) is 0 Å². The lowest BCUT2D eigenvalue weighted by molar-refractivity contribution is 0.0676. The number of hydrogen-bond donors (Lipinski definition) is 0. The quantitative estimate of drug-likeness (QED) is 0.320. The molecule has 0 aliphatic heterocycles. The summed E-state index contributed by atoms with van der Waals surface area (Å²) in [7, 11) is 4.08. The summed E-state index contributed by atoms with van der Waals surface area (Å²) in [6.45, 7) is 0. The number of Topliss-reactive ketones (excluding diaryl/α,β-unsaturated/α-hetero) is 1. The van der Waals surface area contributed by atoms with E-state index in [0.29, 0.717) is 12.8 Å². The SMILES string of the molecule is CN(C)C(Cc1ccccc1)(Cc1ccccc1)C(=O)c1ccc(SC2CCCCC2)cc1. The van der Waals surface area contributed by atoms with Crippen LogP contribution in [0.5, 0.6) is 0 Å². The van der Waals surface area contributed by atoms with Crippen LogP contribution in [0.4, 0.5) is 0 Å². The van der Waals surface area contributed by atoms with E-state index in [1.165, 1.54) is 48.1 Å². The number of ketones is 1. The van der Waals surface area contributed by atoms with Gasteiger partial charge in [-0.15, -0.1) is 11.8 Å². The maximum absolute atomic E-state index is 14.2. The number of hydrogen-bond acceptors (Lipinski definition) is 3. The summed E-state index contributed by atoms with van der Waals surface area (Å²) in [4.78, 5) is 17.6. The van der Waals surface area contributed by atoms with Crippen LogP contribution < -0.4 is 0 Å². The summed E-state index contributed by atoms with van der Waals surface area (Å²) in [5.74, 6) is 0.189. The molecule has 33 heavy (non-hydrogen) atoms. The Morgan fingerprint density at radius 2 is 1.30 bits per heavy atom. The van der Waals surface area contributed by atoms with Crippen LogP contribution in [0.15, 0.2) is 89.8 Å². The fourth-order valence-corrected chi connectivity index (χ4v) is 6.19. The van der Waals surface area contributed by atoms with Gasteiger partial charge in [0.1, 0.15) is 0 Å². The maximum Gasteiger partial charge on any atom is 0.183 e. The number of thioether (sulfide) groups is 1. The number of carbonyl (C=O) groups excluding carboxylic acids is 1. The molecule has 3 aromatic carbocycles. The minimum Gasteiger partial charge on any atom is -0.296 e. The molecule has 0 N–H and O–H groups in total. The molecule has 3 aromatic rings. The van der Waals surface area contributed by atoms with Gasteiger partial charge in [0.25, 0.3) is 0 Å². The van der Waals surface area contributed by atoms with E-state index in [4.69, 9.17) is 0 Å². The molecule has 0 aromatic heterocycles. The zero-order valence-electron chi connectivity index (χ0n) is 19.9. The van der Waals surface area contributed by atoms with E-state index < -0.39 is 5.54 Å². The molecule has 0 heterocycles. The number of benzene rings is 3. The van der Waals surface area contributed by atoms with E-state index >= 15 is 0 Å². The first-order valence-electron chi connectivity index (χ1n) is 12.1. The topological polar surface area (TPSA) is 20.3 Å². The molecule has 1 aliphatic rings. The van der Waals surface area contributed by atoms with Crippen molar-refractivity contribution in [3.8, 4) is 0 Å². The molecular weight excluding hydrogens is 422 g/mol. The summed E-state index contributed by atoms with van der Waals surface area (Å²) in [6.07, 6.45) is 8.03. The Bertz CT molecular complexity index is 967. The minimum atomic E-state index is -0.652.